The van der Waals surface area contributed by atoms with E-state index in [1.807, 2.05) is 42.6 Å². The normalized spacial score (nSPS) is 13.0. The maximum atomic E-state index is 7.24. The molecule has 0 spiro atoms. The van der Waals surface area contributed by atoms with E-state index in [2.05, 4.69) is 179 Å². The number of nitrogens with zero attached hydrogens (tertiary/aromatic N) is 3. The van der Waals surface area contributed by atoms with Crippen LogP contribution in [0.3, 0.4) is 0 Å². The number of rotatable bonds is 6. The first-order chi connectivity index (χ1) is 31.8. The molecule has 0 radical (unpaired) electrons. The molecular weight excluding hydrogens is 838 g/mol. The highest BCUT2D eigenvalue weighted by Gasteiger charge is 2.37. The summed E-state index contributed by atoms with van der Waals surface area (Å²) in [5.41, 5.74) is 15.4. The summed E-state index contributed by atoms with van der Waals surface area (Å²) in [7, 11) is 0. The summed E-state index contributed by atoms with van der Waals surface area (Å²) < 4.78 is 4.54. The van der Waals surface area contributed by atoms with E-state index in [1.54, 1.807) is 0 Å². The SMILES string of the molecule is CC1(C)c2ccccc2-c2c(-c3cccc4c5ccccc5n5c(Nc6c(Cl)cccc6-c6ccc7c(c6)c6ccccc6n6c(Nc8ccccc8Cl)ccc76)cnc5c34)cccc21. The van der Waals surface area contributed by atoms with E-state index < -0.39 is 0 Å². The Kier molecular flexibility index (Phi) is 8.30. The van der Waals surface area contributed by atoms with Crippen LogP contribution >= 0.6 is 23.2 Å². The largest absolute Gasteiger partial charge is 0.340 e. The van der Waals surface area contributed by atoms with Crippen LogP contribution in [0.1, 0.15) is 25.0 Å². The number of aromatic nitrogens is 3. The van der Waals surface area contributed by atoms with Crippen molar-refractivity contribution in [3.63, 3.8) is 0 Å². The van der Waals surface area contributed by atoms with Gasteiger partial charge in [-0.15, -0.1) is 0 Å². The van der Waals surface area contributed by atoms with Crippen molar-refractivity contribution < 1.29 is 0 Å². The Labute approximate surface area is 385 Å². The third-order valence-electron chi connectivity index (χ3n) is 13.7. The smallest absolute Gasteiger partial charge is 0.147 e. The maximum absolute atomic E-state index is 7.24. The molecule has 0 bridgehead atoms. The second-order valence-corrected chi connectivity index (χ2v) is 18.4. The molecule has 0 atom stereocenters. The third kappa shape index (κ3) is 5.56. The highest BCUT2D eigenvalue weighted by atomic mass is 35.5. The average molecular weight is 877 g/mol. The molecule has 0 fully saturated rings. The number of anilines is 4. The van der Waals surface area contributed by atoms with Crippen LogP contribution in [0.2, 0.25) is 10.0 Å². The molecule has 310 valence electrons. The molecule has 0 unspecified atom stereocenters. The van der Waals surface area contributed by atoms with Gasteiger partial charge in [-0.3, -0.25) is 8.80 Å². The third-order valence-corrected chi connectivity index (χ3v) is 14.4. The number of fused-ring (bicyclic) bond motifs is 15. The van der Waals surface area contributed by atoms with E-state index in [9.17, 15) is 0 Å². The summed E-state index contributed by atoms with van der Waals surface area (Å²) >= 11 is 13.8. The molecule has 7 heteroatoms. The standard InChI is InChI=1S/C58H39Cl2N5/c1-58(2)44-21-6-3-16-42(44)54-40(20-12-22-45(54)58)41-19-11-18-39-36-14-4-10-27-50(36)65-53(33-61-57(65)55(39)41)63-56-35(17-13-24-47(56)60)34-28-29-38-43(32-34)37-15-5-9-26-49(37)64-51(38)30-31-52(64)62-48-25-8-7-23-46(48)59/h3-33,62-63H,1-2H3. The quantitative estimate of drug-likeness (QED) is 0.164. The van der Waals surface area contributed by atoms with Crippen LogP contribution < -0.4 is 10.6 Å². The fourth-order valence-electron chi connectivity index (χ4n) is 10.8. The Morgan fingerprint density at radius 3 is 1.94 bits per heavy atom. The van der Waals surface area contributed by atoms with Gasteiger partial charge in [0.15, 0.2) is 0 Å². The molecule has 1 aliphatic carbocycles. The zero-order valence-corrected chi connectivity index (χ0v) is 37.0. The van der Waals surface area contributed by atoms with Gasteiger partial charge in [0.25, 0.3) is 0 Å². The summed E-state index contributed by atoms with van der Waals surface area (Å²) in [5, 5.41) is 15.6. The summed E-state index contributed by atoms with van der Waals surface area (Å²) in [6, 6.07) is 64.5. The summed E-state index contributed by atoms with van der Waals surface area (Å²) in [6.07, 6.45) is 1.95. The first kappa shape index (κ1) is 37.9. The molecule has 0 aliphatic heterocycles. The van der Waals surface area contributed by atoms with Gasteiger partial charge in [-0.2, -0.15) is 0 Å². The van der Waals surface area contributed by atoms with E-state index in [-0.39, 0.29) is 5.41 Å². The van der Waals surface area contributed by atoms with Gasteiger partial charge in [0.2, 0.25) is 0 Å². The second-order valence-electron chi connectivity index (χ2n) is 17.6. The Bertz CT molecular complexity index is 3970. The van der Waals surface area contributed by atoms with E-state index in [0.717, 1.165) is 94.2 Å². The molecule has 5 nitrogen and oxygen atoms in total. The predicted molar refractivity (Wildman–Crippen MR) is 274 cm³/mol. The van der Waals surface area contributed by atoms with Crippen LogP contribution in [0.15, 0.2) is 188 Å². The number of benzene rings is 8. The minimum Gasteiger partial charge on any atom is -0.340 e. The number of halogens is 2. The van der Waals surface area contributed by atoms with Crippen molar-refractivity contribution in [1.29, 1.82) is 0 Å². The Morgan fingerprint density at radius 2 is 1.08 bits per heavy atom. The molecule has 13 rings (SSSR count). The van der Waals surface area contributed by atoms with Gasteiger partial charge in [-0.05, 0) is 98.2 Å². The van der Waals surface area contributed by atoms with Gasteiger partial charge < -0.3 is 10.6 Å². The van der Waals surface area contributed by atoms with Crippen LogP contribution in [-0.2, 0) is 5.41 Å². The molecule has 0 amide bonds. The molecule has 65 heavy (non-hydrogen) atoms. The minimum atomic E-state index is -0.114. The first-order valence-corrected chi connectivity index (χ1v) is 22.7. The second kappa shape index (κ2) is 14.2. The van der Waals surface area contributed by atoms with E-state index in [1.165, 1.54) is 27.8 Å². The van der Waals surface area contributed by atoms with Crippen LogP contribution in [0, 0.1) is 0 Å². The van der Waals surface area contributed by atoms with Gasteiger partial charge in [0.1, 0.15) is 17.3 Å². The van der Waals surface area contributed by atoms with E-state index in [0.29, 0.717) is 10.0 Å². The lowest BCUT2D eigenvalue weighted by molar-refractivity contribution is 0.660. The Balaban J connectivity index is 0.979. The van der Waals surface area contributed by atoms with E-state index in [4.69, 9.17) is 28.2 Å². The number of hydrogen-bond donors (Lipinski definition) is 2. The number of imidazole rings is 1. The molecule has 8 aromatic carbocycles. The summed E-state index contributed by atoms with van der Waals surface area (Å²) in [5.74, 6) is 1.77. The molecule has 0 saturated heterocycles. The molecule has 2 N–H and O–H groups in total. The van der Waals surface area contributed by atoms with Crippen molar-refractivity contribution in [3.05, 3.63) is 209 Å². The fourth-order valence-corrected chi connectivity index (χ4v) is 11.2. The molecular formula is C58H39Cl2N5. The highest BCUT2D eigenvalue weighted by molar-refractivity contribution is 6.34. The zero-order valence-electron chi connectivity index (χ0n) is 35.5. The predicted octanol–water partition coefficient (Wildman–Crippen LogP) is 16.6. The van der Waals surface area contributed by atoms with Crippen LogP contribution in [0.4, 0.5) is 23.0 Å². The molecule has 12 aromatic rings. The molecule has 1 aliphatic rings. The van der Waals surface area contributed by atoms with Gasteiger partial charge in [-0.25, -0.2) is 4.98 Å². The monoisotopic (exact) mass is 875 g/mol. The van der Waals surface area contributed by atoms with Crippen molar-refractivity contribution in [2.24, 2.45) is 0 Å². The maximum Gasteiger partial charge on any atom is 0.147 e. The van der Waals surface area contributed by atoms with E-state index >= 15 is 0 Å². The van der Waals surface area contributed by atoms with Gasteiger partial charge >= 0.3 is 0 Å². The first-order valence-electron chi connectivity index (χ1n) is 21.9. The molecule has 4 aromatic heterocycles. The van der Waals surface area contributed by atoms with Crippen molar-refractivity contribution in [1.82, 2.24) is 13.8 Å². The van der Waals surface area contributed by atoms with Crippen molar-refractivity contribution in [2.75, 3.05) is 10.6 Å². The molecule has 4 heterocycles. The van der Waals surface area contributed by atoms with Gasteiger partial charge in [0.05, 0.1) is 44.2 Å². The van der Waals surface area contributed by atoms with Crippen LogP contribution in [0.25, 0.3) is 87.9 Å². The average Bonchev–Trinajstić information content (AvgIpc) is 4.03. The lowest BCUT2D eigenvalue weighted by Crippen LogP contribution is -2.14. The van der Waals surface area contributed by atoms with Gasteiger partial charge in [0, 0.05) is 32.5 Å². The lowest BCUT2D eigenvalue weighted by Gasteiger charge is -2.22. The molecule has 0 saturated carbocycles. The van der Waals surface area contributed by atoms with Crippen molar-refractivity contribution in [3.8, 4) is 33.4 Å². The van der Waals surface area contributed by atoms with Gasteiger partial charge in [-0.1, -0.05) is 171 Å². The number of nitrogens with one attached hydrogen (secondary N) is 2. The lowest BCUT2D eigenvalue weighted by atomic mass is 9.82. The van der Waals surface area contributed by atoms with Crippen LogP contribution in [0.5, 0.6) is 0 Å². The number of para-hydroxylation sites is 4. The summed E-state index contributed by atoms with van der Waals surface area (Å²) in [4.78, 5) is 5.26. The van der Waals surface area contributed by atoms with Crippen molar-refractivity contribution in [2.45, 2.75) is 19.3 Å². The Hall–Kier alpha value is -7.57. The topological polar surface area (TPSA) is 45.8 Å². The zero-order chi connectivity index (χ0) is 43.6. The van der Waals surface area contributed by atoms with Crippen LogP contribution in [-0.4, -0.2) is 13.8 Å². The number of pyridine rings is 2. The minimum absolute atomic E-state index is 0.114. The number of hydrogen-bond acceptors (Lipinski definition) is 3. The van der Waals surface area contributed by atoms with Crippen molar-refractivity contribution >= 4 is 101 Å². The summed E-state index contributed by atoms with van der Waals surface area (Å²) in [6.45, 7) is 4.68. The highest BCUT2D eigenvalue weighted by Crippen LogP contribution is 2.53. The fraction of sp³-hybridized carbons (Fsp3) is 0.0517. The Morgan fingerprint density at radius 1 is 0.462 bits per heavy atom.